The highest BCUT2D eigenvalue weighted by Gasteiger charge is 2.49. The quantitative estimate of drug-likeness (QED) is 0.322. The number of nitrogens with one attached hydrogen (secondary N) is 1. The molecule has 1 saturated heterocycles. The maximum Gasteiger partial charge on any atom is 0.408 e. The molecule has 1 amide bonds. The lowest BCUT2D eigenvalue weighted by molar-refractivity contribution is -0.181. The molecule has 0 aromatic rings. The van der Waals surface area contributed by atoms with Gasteiger partial charge in [-0.15, -0.1) is 0 Å². The number of rotatable bonds is 8. The van der Waals surface area contributed by atoms with E-state index in [-0.39, 0.29) is 11.6 Å². The minimum Gasteiger partial charge on any atom is -0.457 e. The minimum atomic E-state index is -2.48. The first-order valence-corrected chi connectivity index (χ1v) is 13.8. The molecule has 0 saturated carbocycles. The van der Waals surface area contributed by atoms with E-state index in [1.54, 1.807) is 34.6 Å². The maximum absolute atomic E-state index is 12.5. The van der Waals surface area contributed by atoms with Crippen LogP contribution in [-0.2, 0) is 33.0 Å². The molecule has 0 aromatic carbocycles. The first kappa shape index (κ1) is 28.5. The second-order valence-electron chi connectivity index (χ2n) is 11.1. The molecule has 1 aliphatic heterocycles. The zero-order valence-electron chi connectivity index (χ0n) is 21.4. The van der Waals surface area contributed by atoms with Crippen molar-refractivity contribution >= 4 is 26.7 Å². The zero-order valence-corrected chi connectivity index (χ0v) is 22.4. The third-order valence-electron chi connectivity index (χ3n) is 5.44. The average molecular weight is 476 g/mol. The van der Waals surface area contributed by atoms with Gasteiger partial charge in [-0.25, -0.2) is 4.79 Å². The van der Waals surface area contributed by atoms with Gasteiger partial charge in [-0.05, 0) is 52.8 Å². The number of hydrogen-bond acceptors (Lipinski definition) is 8. The summed E-state index contributed by atoms with van der Waals surface area (Å²) in [5.41, 5.74) is -0.755. The van der Waals surface area contributed by atoms with E-state index in [2.05, 4.69) is 5.32 Å². The maximum atomic E-state index is 12.5. The summed E-state index contributed by atoms with van der Waals surface area (Å²) in [5.74, 6) is -1.45. The van der Waals surface area contributed by atoms with Crippen molar-refractivity contribution in [2.75, 3.05) is 6.61 Å². The highest BCUT2D eigenvalue weighted by atomic mass is 28.4. The molecule has 1 rings (SSSR count). The first-order valence-electron chi connectivity index (χ1n) is 10.9. The van der Waals surface area contributed by atoms with Crippen molar-refractivity contribution in [3.8, 4) is 0 Å². The topological polar surface area (TPSA) is 109 Å². The van der Waals surface area contributed by atoms with Gasteiger partial charge in [0.25, 0.3) is 0 Å². The minimum absolute atomic E-state index is 0.139. The van der Waals surface area contributed by atoms with Crippen LogP contribution in [0.1, 0.15) is 62.3 Å². The number of aldehydes is 1. The van der Waals surface area contributed by atoms with Crippen molar-refractivity contribution in [1.82, 2.24) is 5.32 Å². The van der Waals surface area contributed by atoms with Crippen LogP contribution in [0.4, 0.5) is 4.79 Å². The summed E-state index contributed by atoms with van der Waals surface area (Å²) in [7, 11) is -2.48. The van der Waals surface area contributed by atoms with Gasteiger partial charge in [-0.3, -0.25) is 4.79 Å². The Morgan fingerprint density at radius 1 is 1.16 bits per heavy atom. The molecule has 0 aliphatic carbocycles. The van der Waals surface area contributed by atoms with Crippen LogP contribution in [0.5, 0.6) is 0 Å². The Balaban J connectivity index is 3.38. The van der Waals surface area contributed by atoms with E-state index in [1.165, 1.54) is 6.92 Å². The van der Waals surface area contributed by atoms with Gasteiger partial charge in [-0.2, -0.15) is 0 Å². The van der Waals surface area contributed by atoms with Gasteiger partial charge in [0.15, 0.2) is 20.2 Å². The average Bonchev–Trinajstić information content (AvgIpc) is 2.92. The van der Waals surface area contributed by atoms with Crippen molar-refractivity contribution in [2.45, 2.75) is 116 Å². The molecule has 0 spiro atoms. The Morgan fingerprint density at radius 3 is 2.09 bits per heavy atom. The van der Waals surface area contributed by atoms with E-state index in [0.29, 0.717) is 6.29 Å². The van der Waals surface area contributed by atoms with Crippen LogP contribution in [0.15, 0.2) is 0 Å². The van der Waals surface area contributed by atoms with Gasteiger partial charge in [-0.1, -0.05) is 20.8 Å². The normalized spacial score (nSPS) is 21.9. The van der Waals surface area contributed by atoms with E-state index < -0.39 is 56.1 Å². The van der Waals surface area contributed by atoms with Crippen LogP contribution in [-0.4, -0.2) is 69.0 Å². The molecule has 1 heterocycles. The summed E-state index contributed by atoms with van der Waals surface area (Å²) in [5, 5.41) is 2.36. The molecule has 186 valence electrons. The Morgan fingerprint density at radius 2 is 1.72 bits per heavy atom. The van der Waals surface area contributed by atoms with Crippen LogP contribution in [0.2, 0.25) is 18.1 Å². The Labute approximate surface area is 193 Å². The van der Waals surface area contributed by atoms with E-state index in [1.807, 2.05) is 33.9 Å². The summed E-state index contributed by atoms with van der Waals surface area (Å²) in [4.78, 5) is 36.6. The highest BCUT2D eigenvalue weighted by molar-refractivity contribution is 6.74. The standard InChI is InChI=1S/C22H41NO8Si/c1-14(25)28-18(16-13-27-22(8,9)29-16)17(31-32(10,11)21(5,6)7)15(12-24)23-19(26)30-20(2,3)4/h12,15-18H,13H2,1-11H3,(H,23,26)/t15-,16-,17-,18+/m0/s1. The van der Waals surface area contributed by atoms with Gasteiger partial charge >= 0.3 is 12.1 Å². The van der Waals surface area contributed by atoms with Crippen molar-refractivity contribution in [2.24, 2.45) is 0 Å². The molecule has 0 bridgehead atoms. The third-order valence-corrected chi connectivity index (χ3v) is 9.92. The smallest absolute Gasteiger partial charge is 0.408 e. The van der Waals surface area contributed by atoms with E-state index in [0.717, 1.165) is 0 Å². The predicted molar refractivity (Wildman–Crippen MR) is 122 cm³/mol. The fourth-order valence-corrected chi connectivity index (χ4v) is 4.24. The number of carbonyl (C=O) groups is 3. The molecule has 1 aliphatic rings. The summed E-state index contributed by atoms with van der Waals surface area (Å²) in [6.45, 7) is 20.2. The van der Waals surface area contributed by atoms with Crippen LogP contribution in [0.25, 0.3) is 0 Å². The third kappa shape index (κ3) is 8.46. The van der Waals surface area contributed by atoms with E-state index in [4.69, 9.17) is 23.4 Å². The largest absolute Gasteiger partial charge is 0.457 e. The van der Waals surface area contributed by atoms with Gasteiger partial charge in [0.05, 0.1) is 6.61 Å². The summed E-state index contributed by atoms with van der Waals surface area (Å²) in [6, 6.07) is -1.14. The number of amides is 1. The lowest BCUT2D eigenvalue weighted by atomic mass is 10.0. The van der Waals surface area contributed by atoms with Gasteiger partial charge in [0, 0.05) is 6.92 Å². The molecule has 32 heavy (non-hydrogen) atoms. The van der Waals surface area contributed by atoms with Crippen LogP contribution < -0.4 is 5.32 Å². The number of alkyl carbamates (subject to hydrolysis) is 1. The monoisotopic (exact) mass is 475 g/mol. The number of esters is 1. The van der Waals surface area contributed by atoms with Gasteiger partial charge in [0.1, 0.15) is 30.1 Å². The SMILES string of the molecule is CC(=O)O[C@@H]([C@@H](O[Si](C)(C)C(C)(C)C)[C@H](C=O)NC(=O)OC(C)(C)C)[C@@H]1COC(C)(C)O1. The Kier molecular flexibility index (Phi) is 9.09. The predicted octanol–water partition coefficient (Wildman–Crippen LogP) is 3.55. The second kappa shape index (κ2) is 10.2. The molecule has 0 aromatic heterocycles. The van der Waals surface area contributed by atoms with E-state index in [9.17, 15) is 14.4 Å². The molecule has 10 heteroatoms. The molecule has 4 atom stereocenters. The molecular formula is C22H41NO8Si. The molecule has 0 unspecified atom stereocenters. The lowest BCUT2D eigenvalue weighted by Crippen LogP contribution is -2.60. The Bertz CT molecular complexity index is 680. The first-order chi connectivity index (χ1) is 14.3. The van der Waals surface area contributed by atoms with Crippen molar-refractivity contribution in [3.63, 3.8) is 0 Å². The van der Waals surface area contributed by atoms with Crippen LogP contribution in [0, 0.1) is 0 Å². The molecule has 0 radical (unpaired) electrons. The summed E-state index contributed by atoms with van der Waals surface area (Å²) < 4.78 is 29.1. The number of ether oxygens (including phenoxy) is 4. The lowest BCUT2D eigenvalue weighted by Gasteiger charge is -2.43. The molecule has 1 fully saturated rings. The molecule has 9 nitrogen and oxygen atoms in total. The number of hydrogen-bond donors (Lipinski definition) is 1. The summed E-state index contributed by atoms with van der Waals surface area (Å²) >= 11 is 0. The molecular weight excluding hydrogens is 434 g/mol. The van der Waals surface area contributed by atoms with Crippen LogP contribution in [0.3, 0.4) is 0 Å². The highest BCUT2D eigenvalue weighted by Crippen LogP contribution is 2.39. The second-order valence-corrected chi connectivity index (χ2v) is 15.8. The van der Waals surface area contributed by atoms with Crippen LogP contribution >= 0.6 is 0 Å². The van der Waals surface area contributed by atoms with Gasteiger partial charge in [0.2, 0.25) is 0 Å². The molecule has 1 N–H and O–H groups in total. The summed E-state index contributed by atoms with van der Waals surface area (Å²) in [6.07, 6.45) is -2.89. The fraction of sp³-hybridized carbons (Fsp3) is 0.864. The van der Waals surface area contributed by atoms with Crippen molar-refractivity contribution < 1.29 is 37.8 Å². The number of carbonyl (C=O) groups excluding carboxylic acids is 3. The van der Waals surface area contributed by atoms with E-state index >= 15 is 0 Å². The Hall–Kier alpha value is -1.49. The van der Waals surface area contributed by atoms with Crippen molar-refractivity contribution in [3.05, 3.63) is 0 Å². The fourth-order valence-electron chi connectivity index (χ4n) is 2.92. The van der Waals surface area contributed by atoms with Crippen molar-refractivity contribution in [1.29, 1.82) is 0 Å². The zero-order chi connectivity index (χ0) is 25.1. The van der Waals surface area contributed by atoms with Gasteiger partial charge < -0.3 is 33.5 Å².